The van der Waals surface area contributed by atoms with E-state index in [-0.39, 0.29) is 0 Å². The van der Waals surface area contributed by atoms with Crippen molar-refractivity contribution in [2.75, 3.05) is 0 Å². The third-order valence-electron chi connectivity index (χ3n) is 1.79. The summed E-state index contributed by atoms with van der Waals surface area (Å²) in [6.45, 7) is 1.96. The maximum Gasteiger partial charge on any atom is 0.120 e. The molecule has 0 radical (unpaired) electrons. The molecule has 0 atom stereocenters. The predicted octanol–water partition coefficient (Wildman–Crippen LogP) is 2.78. The highest BCUT2D eigenvalue weighted by molar-refractivity contribution is 6.31. The first-order chi connectivity index (χ1) is 5.74. The van der Waals surface area contributed by atoms with Crippen LogP contribution in [0.15, 0.2) is 18.2 Å². The summed E-state index contributed by atoms with van der Waals surface area (Å²) < 4.78 is 0. The molecule has 0 aliphatic heterocycles. The minimum Gasteiger partial charge on any atom is -0.303 e. The molecular formula is C10H11ClO. The molecule has 0 aromatic heterocycles. The lowest BCUT2D eigenvalue weighted by Crippen LogP contribution is -1.86. The van der Waals surface area contributed by atoms with Gasteiger partial charge in [-0.25, -0.2) is 0 Å². The molecule has 0 saturated carbocycles. The van der Waals surface area contributed by atoms with E-state index >= 15 is 0 Å². The third-order valence-corrected chi connectivity index (χ3v) is 2.19. The van der Waals surface area contributed by atoms with Crippen LogP contribution in [-0.4, -0.2) is 6.29 Å². The maximum absolute atomic E-state index is 10.1. The van der Waals surface area contributed by atoms with Gasteiger partial charge in [-0.2, -0.15) is 0 Å². The van der Waals surface area contributed by atoms with Gasteiger partial charge in [-0.15, -0.1) is 0 Å². The fraction of sp³-hybridized carbons (Fsp3) is 0.300. The van der Waals surface area contributed by atoms with E-state index in [1.165, 1.54) is 0 Å². The highest BCUT2D eigenvalue weighted by Crippen LogP contribution is 2.17. The minimum absolute atomic E-state index is 0.569. The maximum atomic E-state index is 10.1. The van der Waals surface area contributed by atoms with Crippen molar-refractivity contribution in [2.45, 2.75) is 19.8 Å². The van der Waals surface area contributed by atoms with Gasteiger partial charge in [0.2, 0.25) is 0 Å². The van der Waals surface area contributed by atoms with Gasteiger partial charge in [-0.05, 0) is 30.5 Å². The van der Waals surface area contributed by atoms with Crippen LogP contribution < -0.4 is 0 Å². The van der Waals surface area contributed by atoms with Crippen molar-refractivity contribution in [3.05, 3.63) is 34.3 Å². The summed E-state index contributed by atoms with van der Waals surface area (Å²) in [5.74, 6) is 0. The van der Waals surface area contributed by atoms with Crippen LogP contribution in [0.1, 0.15) is 17.5 Å². The second kappa shape index (κ2) is 4.27. The number of hydrogen-bond donors (Lipinski definition) is 0. The molecular weight excluding hydrogens is 172 g/mol. The van der Waals surface area contributed by atoms with Crippen LogP contribution in [0.5, 0.6) is 0 Å². The minimum atomic E-state index is 0.569. The molecule has 1 rings (SSSR count). The van der Waals surface area contributed by atoms with Gasteiger partial charge in [0, 0.05) is 11.4 Å². The van der Waals surface area contributed by atoms with Crippen molar-refractivity contribution >= 4 is 17.9 Å². The monoisotopic (exact) mass is 182 g/mol. The zero-order valence-electron chi connectivity index (χ0n) is 7.01. The molecule has 64 valence electrons. The summed E-state index contributed by atoms with van der Waals surface area (Å²) in [5, 5.41) is 0.776. The van der Waals surface area contributed by atoms with Crippen molar-refractivity contribution in [2.24, 2.45) is 0 Å². The van der Waals surface area contributed by atoms with Crippen LogP contribution in [0.4, 0.5) is 0 Å². The summed E-state index contributed by atoms with van der Waals surface area (Å²) in [4.78, 5) is 10.1. The molecule has 0 spiro atoms. The van der Waals surface area contributed by atoms with E-state index in [0.29, 0.717) is 6.42 Å². The lowest BCUT2D eigenvalue weighted by Gasteiger charge is -2.00. The standard InChI is InChI=1S/C10H11ClO/c1-8-4-5-9(3-2-6-12)7-10(8)11/h4-7H,2-3H2,1H3. The van der Waals surface area contributed by atoms with Gasteiger partial charge in [0.25, 0.3) is 0 Å². The highest BCUT2D eigenvalue weighted by atomic mass is 35.5. The zero-order valence-corrected chi connectivity index (χ0v) is 7.77. The van der Waals surface area contributed by atoms with Gasteiger partial charge < -0.3 is 4.79 Å². The molecule has 0 aliphatic rings. The fourth-order valence-electron chi connectivity index (χ4n) is 1.02. The van der Waals surface area contributed by atoms with Crippen molar-refractivity contribution in [1.82, 2.24) is 0 Å². The molecule has 1 aromatic rings. The van der Waals surface area contributed by atoms with E-state index in [2.05, 4.69) is 0 Å². The Morgan fingerprint density at radius 2 is 2.25 bits per heavy atom. The van der Waals surface area contributed by atoms with Crippen LogP contribution in [0.25, 0.3) is 0 Å². The van der Waals surface area contributed by atoms with Crippen molar-refractivity contribution < 1.29 is 4.79 Å². The van der Waals surface area contributed by atoms with E-state index in [4.69, 9.17) is 11.6 Å². The average Bonchev–Trinajstić information content (AvgIpc) is 2.07. The Bertz CT molecular complexity index is 281. The van der Waals surface area contributed by atoms with Crippen LogP contribution >= 0.6 is 11.6 Å². The Morgan fingerprint density at radius 1 is 1.50 bits per heavy atom. The van der Waals surface area contributed by atoms with E-state index in [9.17, 15) is 4.79 Å². The van der Waals surface area contributed by atoms with Crippen molar-refractivity contribution in [1.29, 1.82) is 0 Å². The first-order valence-electron chi connectivity index (χ1n) is 3.92. The number of aryl methyl sites for hydroxylation is 2. The Hall–Kier alpha value is -0.820. The quantitative estimate of drug-likeness (QED) is 0.657. The number of carbonyl (C=O) groups excluding carboxylic acids is 1. The largest absolute Gasteiger partial charge is 0.303 e. The molecule has 0 amide bonds. The van der Waals surface area contributed by atoms with Gasteiger partial charge in [0.1, 0.15) is 6.29 Å². The van der Waals surface area contributed by atoms with E-state index in [1.807, 2.05) is 25.1 Å². The predicted molar refractivity (Wildman–Crippen MR) is 50.6 cm³/mol. The van der Waals surface area contributed by atoms with Crippen molar-refractivity contribution in [3.63, 3.8) is 0 Å². The SMILES string of the molecule is Cc1ccc(CCC=O)cc1Cl. The van der Waals surface area contributed by atoms with E-state index in [0.717, 1.165) is 28.9 Å². The fourth-order valence-corrected chi connectivity index (χ4v) is 1.22. The summed E-state index contributed by atoms with van der Waals surface area (Å²) in [6, 6.07) is 5.90. The Balaban J connectivity index is 2.75. The molecule has 0 bridgehead atoms. The second-order valence-corrected chi connectivity index (χ2v) is 3.20. The van der Waals surface area contributed by atoms with E-state index in [1.54, 1.807) is 0 Å². The lowest BCUT2D eigenvalue weighted by atomic mass is 10.1. The smallest absolute Gasteiger partial charge is 0.120 e. The van der Waals surface area contributed by atoms with Gasteiger partial charge in [-0.1, -0.05) is 23.7 Å². The van der Waals surface area contributed by atoms with Crippen molar-refractivity contribution in [3.8, 4) is 0 Å². The second-order valence-electron chi connectivity index (χ2n) is 2.79. The number of benzene rings is 1. The number of rotatable bonds is 3. The average molecular weight is 183 g/mol. The molecule has 1 nitrogen and oxygen atoms in total. The molecule has 0 fully saturated rings. The summed E-state index contributed by atoms with van der Waals surface area (Å²) in [5.41, 5.74) is 2.20. The van der Waals surface area contributed by atoms with Crippen LogP contribution in [0.2, 0.25) is 5.02 Å². The first-order valence-corrected chi connectivity index (χ1v) is 4.30. The first kappa shape index (κ1) is 9.27. The van der Waals surface area contributed by atoms with Gasteiger partial charge >= 0.3 is 0 Å². The van der Waals surface area contributed by atoms with E-state index < -0.39 is 0 Å². The molecule has 1 aromatic carbocycles. The molecule has 0 heterocycles. The Labute approximate surface area is 77.4 Å². The van der Waals surface area contributed by atoms with Gasteiger partial charge in [0.05, 0.1) is 0 Å². The number of carbonyl (C=O) groups is 1. The molecule has 0 unspecified atom stereocenters. The number of hydrogen-bond acceptors (Lipinski definition) is 1. The lowest BCUT2D eigenvalue weighted by molar-refractivity contribution is -0.107. The zero-order chi connectivity index (χ0) is 8.97. The third kappa shape index (κ3) is 2.35. The highest BCUT2D eigenvalue weighted by Gasteiger charge is 1.96. The molecule has 0 N–H and O–H groups in total. The molecule has 12 heavy (non-hydrogen) atoms. The summed E-state index contributed by atoms with van der Waals surface area (Å²) >= 11 is 5.90. The molecule has 0 aliphatic carbocycles. The molecule has 0 saturated heterocycles. The topological polar surface area (TPSA) is 17.1 Å². The summed E-state index contributed by atoms with van der Waals surface area (Å²) in [7, 11) is 0. The Kier molecular flexibility index (Phi) is 3.30. The normalized spacial score (nSPS) is 9.83. The number of aldehydes is 1. The van der Waals surface area contributed by atoms with Gasteiger partial charge in [0.15, 0.2) is 0 Å². The van der Waals surface area contributed by atoms with Gasteiger partial charge in [-0.3, -0.25) is 0 Å². The number of halogens is 1. The Morgan fingerprint density at radius 3 is 2.83 bits per heavy atom. The molecule has 2 heteroatoms. The van der Waals surface area contributed by atoms with Crippen LogP contribution in [0.3, 0.4) is 0 Å². The summed E-state index contributed by atoms with van der Waals surface area (Å²) in [6.07, 6.45) is 2.27. The van der Waals surface area contributed by atoms with Crippen LogP contribution in [-0.2, 0) is 11.2 Å². The van der Waals surface area contributed by atoms with Crippen LogP contribution in [0, 0.1) is 6.92 Å².